The van der Waals surface area contributed by atoms with Crippen molar-refractivity contribution in [1.82, 2.24) is 4.90 Å². The fourth-order valence-corrected chi connectivity index (χ4v) is 1.91. The fraction of sp³-hybridized carbons (Fsp3) is 0.700. The average Bonchev–Trinajstić information content (AvgIpc) is 3.02. The highest BCUT2D eigenvalue weighted by Crippen LogP contribution is 2.27. The molecule has 0 aliphatic heterocycles. The van der Waals surface area contributed by atoms with Gasteiger partial charge in [0.1, 0.15) is 0 Å². The van der Waals surface area contributed by atoms with Crippen LogP contribution in [0.5, 0.6) is 0 Å². The molecule has 0 bridgehead atoms. The molecule has 5 nitrogen and oxygen atoms in total. The maximum Gasteiger partial charge on any atom is 0.305 e. The summed E-state index contributed by atoms with van der Waals surface area (Å²) in [6.45, 7) is 0.284. The number of hydrogen-bond donors (Lipinski definition) is 1. The van der Waals surface area contributed by atoms with Gasteiger partial charge in [-0.05, 0) is 12.8 Å². The third kappa shape index (κ3) is 4.53. The molecule has 0 atom stereocenters. The number of aliphatic carboxylic acids is 1. The monoisotopic (exact) mass is 242 g/mol. The summed E-state index contributed by atoms with van der Waals surface area (Å²) in [7, 11) is 0. The highest BCUT2D eigenvalue weighted by molar-refractivity contribution is 8.00. The maximum absolute atomic E-state index is 11.7. The van der Waals surface area contributed by atoms with Crippen LogP contribution in [0.3, 0.4) is 0 Å². The minimum absolute atomic E-state index is 0.00877. The molecule has 0 spiro atoms. The molecule has 1 amide bonds. The molecule has 0 aromatic carbocycles. The van der Waals surface area contributed by atoms with Crippen LogP contribution in [0.1, 0.15) is 19.3 Å². The lowest BCUT2D eigenvalue weighted by molar-refractivity contribution is -0.138. The first-order valence-electron chi connectivity index (χ1n) is 5.11. The Hall–Kier alpha value is -1.22. The lowest BCUT2D eigenvalue weighted by Crippen LogP contribution is -2.36. The second-order valence-electron chi connectivity index (χ2n) is 3.61. The predicted molar refractivity (Wildman–Crippen MR) is 59.9 cm³/mol. The van der Waals surface area contributed by atoms with Gasteiger partial charge < -0.3 is 10.0 Å². The molecule has 0 unspecified atom stereocenters. The van der Waals surface area contributed by atoms with Crippen LogP contribution in [0.25, 0.3) is 0 Å². The summed E-state index contributed by atoms with van der Waals surface area (Å²) in [6.07, 6.45) is 1.92. The number of thioether (sulfide) groups is 1. The van der Waals surface area contributed by atoms with Gasteiger partial charge in [-0.2, -0.15) is 5.26 Å². The van der Waals surface area contributed by atoms with Gasteiger partial charge in [0.2, 0.25) is 5.91 Å². The SMILES string of the molecule is N#CCSCC(=O)N(CCC(=O)O)C1CC1. The Bertz CT molecular complexity index is 310. The summed E-state index contributed by atoms with van der Waals surface area (Å²) in [5, 5.41) is 16.9. The van der Waals surface area contributed by atoms with E-state index in [9.17, 15) is 9.59 Å². The fourth-order valence-electron chi connectivity index (χ4n) is 1.38. The van der Waals surface area contributed by atoms with Gasteiger partial charge in [-0.15, -0.1) is 11.8 Å². The third-order valence-electron chi connectivity index (χ3n) is 2.27. The molecule has 1 aliphatic rings. The summed E-state index contributed by atoms with van der Waals surface area (Å²) < 4.78 is 0. The molecular weight excluding hydrogens is 228 g/mol. The van der Waals surface area contributed by atoms with E-state index < -0.39 is 5.97 Å². The summed E-state index contributed by atoms with van der Waals surface area (Å²) in [5.41, 5.74) is 0. The molecular formula is C10H14N2O3S. The third-order valence-corrected chi connectivity index (χ3v) is 3.05. The first-order valence-corrected chi connectivity index (χ1v) is 6.26. The van der Waals surface area contributed by atoms with Crippen molar-refractivity contribution < 1.29 is 14.7 Å². The van der Waals surface area contributed by atoms with Crippen LogP contribution in [-0.4, -0.2) is 46.0 Å². The van der Waals surface area contributed by atoms with E-state index in [2.05, 4.69) is 0 Å². The van der Waals surface area contributed by atoms with Crippen molar-refractivity contribution in [2.24, 2.45) is 0 Å². The van der Waals surface area contributed by atoms with Gasteiger partial charge in [-0.3, -0.25) is 9.59 Å². The zero-order chi connectivity index (χ0) is 12.0. The number of rotatable bonds is 7. The van der Waals surface area contributed by atoms with Gasteiger partial charge >= 0.3 is 5.97 Å². The van der Waals surface area contributed by atoms with Crippen LogP contribution in [-0.2, 0) is 9.59 Å². The van der Waals surface area contributed by atoms with Crippen LogP contribution >= 0.6 is 11.8 Å². The average molecular weight is 242 g/mol. The second kappa shape index (κ2) is 6.38. The first-order chi connectivity index (χ1) is 7.65. The van der Waals surface area contributed by atoms with Gasteiger partial charge in [0.25, 0.3) is 0 Å². The summed E-state index contributed by atoms with van der Waals surface area (Å²) in [6, 6.07) is 2.19. The van der Waals surface area contributed by atoms with E-state index in [1.165, 1.54) is 11.8 Å². The van der Waals surface area contributed by atoms with E-state index in [4.69, 9.17) is 10.4 Å². The van der Waals surface area contributed by atoms with Crippen molar-refractivity contribution in [3.05, 3.63) is 0 Å². The van der Waals surface area contributed by atoms with Crippen molar-refractivity contribution in [1.29, 1.82) is 5.26 Å². The highest BCUT2D eigenvalue weighted by Gasteiger charge is 2.32. The van der Waals surface area contributed by atoms with Crippen molar-refractivity contribution in [2.75, 3.05) is 18.1 Å². The second-order valence-corrected chi connectivity index (χ2v) is 4.60. The molecule has 1 saturated carbocycles. The minimum atomic E-state index is -0.886. The van der Waals surface area contributed by atoms with Crippen LogP contribution in [0.15, 0.2) is 0 Å². The van der Waals surface area contributed by atoms with Crippen molar-refractivity contribution in [3.63, 3.8) is 0 Å². The number of carboxylic acids is 1. The zero-order valence-corrected chi connectivity index (χ0v) is 9.70. The molecule has 16 heavy (non-hydrogen) atoms. The topological polar surface area (TPSA) is 81.4 Å². The Morgan fingerprint density at radius 3 is 2.69 bits per heavy atom. The first kappa shape index (κ1) is 12.8. The Kier molecular flexibility index (Phi) is 5.12. The van der Waals surface area contributed by atoms with E-state index in [1.54, 1.807) is 4.90 Å². The molecule has 1 rings (SSSR count). The van der Waals surface area contributed by atoms with Gasteiger partial charge in [-0.1, -0.05) is 0 Å². The number of hydrogen-bond acceptors (Lipinski definition) is 4. The number of nitriles is 1. The molecule has 1 fully saturated rings. The molecule has 0 saturated heterocycles. The van der Waals surface area contributed by atoms with E-state index in [0.717, 1.165) is 12.8 Å². The van der Waals surface area contributed by atoms with Crippen molar-refractivity contribution in [3.8, 4) is 6.07 Å². The van der Waals surface area contributed by atoms with Gasteiger partial charge in [-0.25, -0.2) is 0 Å². The number of nitrogens with zero attached hydrogens (tertiary/aromatic N) is 2. The molecule has 1 N–H and O–H groups in total. The summed E-state index contributed by atoms with van der Waals surface area (Å²) in [4.78, 5) is 23.8. The molecule has 1 aliphatic carbocycles. The van der Waals surface area contributed by atoms with E-state index in [-0.39, 0.29) is 30.7 Å². The number of carboxylic acid groups (broad SMARTS) is 1. The van der Waals surface area contributed by atoms with Gasteiger partial charge in [0.15, 0.2) is 0 Å². The number of carbonyl (C=O) groups is 2. The van der Waals surface area contributed by atoms with Crippen LogP contribution in [0, 0.1) is 11.3 Å². The standard InChI is InChI=1S/C10H14N2O3S/c11-4-6-16-7-9(13)12(8-1-2-8)5-3-10(14)15/h8H,1-3,5-7H2,(H,14,15). The molecule has 0 heterocycles. The zero-order valence-electron chi connectivity index (χ0n) is 8.89. The Morgan fingerprint density at radius 1 is 1.50 bits per heavy atom. The Balaban J connectivity index is 2.34. The highest BCUT2D eigenvalue weighted by atomic mass is 32.2. The summed E-state index contributed by atoms with van der Waals surface area (Å²) in [5.74, 6) is -0.375. The quantitative estimate of drug-likeness (QED) is 0.665. The van der Waals surface area contributed by atoms with E-state index in [0.29, 0.717) is 5.75 Å². The smallest absolute Gasteiger partial charge is 0.305 e. The lowest BCUT2D eigenvalue weighted by Gasteiger charge is -2.21. The Labute approximate surface area is 98.4 Å². The molecule has 0 aromatic rings. The number of carbonyl (C=O) groups excluding carboxylic acids is 1. The number of amides is 1. The van der Waals surface area contributed by atoms with Crippen molar-refractivity contribution in [2.45, 2.75) is 25.3 Å². The normalized spacial score (nSPS) is 14.2. The van der Waals surface area contributed by atoms with Gasteiger partial charge in [0, 0.05) is 12.6 Å². The molecule has 88 valence electrons. The predicted octanol–water partition coefficient (Wildman–Crippen LogP) is 0.709. The summed E-state index contributed by atoms with van der Waals surface area (Å²) >= 11 is 1.27. The van der Waals surface area contributed by atoms with Crippen LogP contribution < -0.4 is 0 Å². The van der Waals surface area contributed by atoms with Crippen LogP contribution in [0.4, 0.5) is 0 Å². The van der Waals surface area contributed by atoms with Crippen molar-refractivity contribution >= 4 is 23.6 Å². The minimum Gasteiger partial charge on any atom is -0.481 e. The largest absolute Gasteiger partial charge is 0.481 e. The molecule has 0 radical (unpaired) electrons. The Morgan fingerprint density at radius 2 is 2.19 bits per heavy atom. The van der Waals surface area contributed by atoms with E-state index in [1.807, 2.05) is 6.07 Å². The molecule has 6 heteroatoms. The lowest BCUT2D eigenvalue weighted by atomic mass is 10.3. The van der Waals surface area contributed by atoms with Crippen LogP contribution in [0.2, 0.25) is 0 Å². The molecule has 0 aromatic heterocycles. The van der Waals surface area contributed by atoms with E-state index >= 15 is 0 Å². The maximum atomic E-state index is 11.7. The van der Waals surface area contributed by atoms with Gasteiger partial charge in [0.05, 0.1) is 24.0 Å².